The van der Waals surface area contributed by atoms with Crippen LogP contribution in [0.2, 0.25) is 0 Å². The largest absolute Gasteiger partial charge is 0.508 e. The van der Waals surface area contributed by atoms with E-state index in [9.17, 15) is 58.5 Å². The second-order valence-corrected chi connectivity index (χ2v) is 19.0. The number of likely N-dealkylation sites (N-methyl/N-ethyl adjacent to an activating group) is 1. The fourth-order valence-electron chi connectivity index (χ4n) is 8.41. The molecular weight excluding hydrogens is 909 g/mol. The van der Waals surface area contributed by atoms with Gasteiger partial charge in [0.25, 0.3) is 0 Å². The topological polar surface area (TPSA) is 316 Å². The van der Waals surface area contributed by atoms with Gasteiger partial charge in [0.15, 0.2) is 0 Å². The molecule has 2 aromatic rings. The number of nitrogens with one attached hydrogen (secondary N) is 5. The van der Waals surface area contributed by atoms with E-state index in [-0.39, 0.29) is 43.8 Å². The fourth-order valence-corrected chi connectivity index (χ4v) is 8.41. The van der Waals surface area contributed by atoms with E-state index in [1.54, 1.807) is 71.9 Å². The van der Waals surface area contributed by atoms with Gasteiger partial charge in [-0.25, -0.2) is 4.79 Å². The van der Waals surface area contributed by atoms with Gasteiger partial charge in [-0.2, -0.15) is 0 Å². The molecule has 2 fully saturated rings. The van der Waals surface area contributed by atoms with Gasteiger partial charge in [-0.3, -0.25) is 38.4 Å². The average molecular weight is 979 g/mol. The predicted octanol–water partition coefficient (Wildman–Crippen LogP) is -0.332. The fraction of sp³-hybridized carbons (Fsp3) is 0.571. The Labute approximate surface area is 408 Å². The summed E-state index contributed by atoms with van der Waals surface area (Å²) in [4.78, 5) is 129. The summed E-state index contributed by atoms with van der Waals surface area (Å²) in [6.45, 7) is 11.5. The zero-order valence-corrected chi connectivity index (χ0v) is 41.0. The molecule has 2 aromatic carbocycles. The number of ether oxygens (including phenoxy) is 1. The normalized spacial score (nSPS) is 25.5. The number of amides is 8. The molecule has 21 nitrogen and oxygen atoms in total. The van der Waals surface area contributed by atoms with Crippen molar-refractivity contribution < 1.29 is 63.2 Å². The van der Waals surface area contributed by atoms with Gasteiger partial charge >= 0.3 is 5.97 Å². The number of benzene rings is 2. The highest BCUT2D eigenvalue weighted by Gasteiger charge is 2.47. The van der Waals surface area contributed by atoms with Crippen molar-refractivity contribution in [2.45, 2.75) is 154 Å². The predicted molar refractivity (Wildman–Crippen MR) is 253 cm³/mol. The minimum atomic E-state index is -1.87. The number of esters is 1. The zero-order valence-electron chi connectivity index (χ0n) is 41.0. The molecule has 384 valence electrons. The monoisotopic (exact) mass is 979 g/mol. The number of nitrogens with zero attached hydrogens (tertiary/aromatic N) is 2. The Hall–Kier alpha value is -6.61. The molecule has 2 bridgehead atoms. The van der Waals surface area contributed by atoms with E-state index in [0.717, 1.165) is 4.90 Å². The van der Waals surface area contributed by atoms with Crippen LogP contribution in [0.3, 0.4) is 0 Å². The van der Waals surface area contributed by atoms with Gasteiger partial charge in [0, 0.05) is 19.9 Å². The molecule has 4 rings (SSSR count). The quantitative estimate of drug-likeness (QED) is 0.103. The van der Waals surface area contributed by atoms with Crippen molar-refractivity contribution in [2.24, 2.45) is 23.5 Å². The Bertz CT molecular complexity index is 2190. The molecule has 0 radical (unpaired) electrons. The van der Waals surface area contributed by atoms with Gasteiger partial charge in [0.2, 0.25) is 47.3 Å². The highest BCUT2D eigenvalue weighted by molar-refractivity contribution is 5.99. The van der Waals surface area contributed by atoms with Crippen molar-refractivity contribution in [1.82, 2.24) is 36.4 Å². The van der Waals surface area contributed by atoms with E-state index in [1.165, 1.54) is 43.1 Å². The number of hydrogen-bond donors (Lipinski definition) is 9. The van der Waals surface area contributed by atoms with Crippen LogP contribution in [-0.4, -0.2) is 146 Å². The van der Waals surface area contributed by atoms with Crippen LogP contribution in [-0.2, 0) is 60.7 Å². The van der Waals surface area contributed by atoms with Crippen LogP contribution < -0.4 is 32.3 Å². The molecular formula is C49H70N8O13. The van der Waals surface area contributed by atoms with Crippen molar-refractivity contribution >= 4 is 53.2 Å². The lowest BCUT2D eigenvalue weighted by Crippen LogP contribution is -2.66. The van der Waals surface area contributed by atoms with Crippen LogP contribution in [0.1, 0.15) is 91.7 Å². The molecule has 2 aliphatic heterocycles. The molecule has 11 atom stereocenters. The number of fused-ring (bicyclic) bond motifs is 2. The summed E-state index contributed by atoms with van der Waals surface area (Å²) in [6, 6.07) is 4.02. The molecule has 0 aliphatic carbocycles. The standard InChI is InChI=1S/C49H70N8O13/c1-9-27(6)41-48(68)56(8)35(22-29-13-11-10-12-14-29)44(64)54-39(26(4)5)49(69)70-28(7)40(46(66)53-33(21-25(2)3)42(62)51-32-19-20-38(61)57(41)47(32)67)55-43(63)34(24-37(50)60)52-45(65)36(59)23-30-15-17-31(58)18-16-30/h10-18,25-28,32-36,38-41,58-59,61H,9,19-24H2,1-8H3,(H2,50,60)(H,51,62)(H,52,65)(H,53,66)(H,54,64)(H,55,63)/t27-,28+,32-,33-,34-,35-,36-,38+,39-,40-,41-/m0/s1. The van der Waals surface area contributed by atoms with Crippen LogP contribution >= 0.6 is 0 Å². The summed E-state index contributed by atoms with van der Waals surface area (Å²) in [5.41, 5.74) is 6.55. The Morgan fingerprint density at radius 1 is 0.843 bits per heavy atom. The van der Waals surface area contributed by atoms with Crippen LogP contribution in [0.25, 0.3) is 0 Å². The summed E-state index contributed by atoms with van der Waals surface area (Å²) in [7, 11) is 1.39. The Morgan fingerprint density at radius 2 is 1.49 bits per heavy atom. The van der Waals surface area contributed by atoms with E-state index in [0.29, 0.717) is 17.5 Å². The first-order valence-electron chi connectivity index (χ1n) is 23.7. The lowest BCUT2D eigenvalue weighted by Gasteiger charge is -2.44. The third-order valence-electron chi connectivity index (χ3n) is 12.6. The molecule has 2 heterocycles. The Morgan fingerprint density at radius 3 is 2.07 bits per heavy atom. The van der Waals surface area contributed by atoms with Gasteiger partial charge in [-0.05, 0) is 67.2 Å². The van der Waals surface area contributed by atoms with E-state index in [2.05, 4.69) is 26.6 Å². The molecule has 10 N–H and O–H groups in total. The maximum absolute atomic E-state index is 14.8. The number of cyclic esters (lactones) is 1. The summed E-state index contributed by atoms with van der Waals surface area (Å²) in [6.07, 6.45) is -5.66. The first-order chi connectivity index (χ1) is 32.9. The number of hydrogen-bond acceptors (Lipinski definition) is 13. The average Bonchev–Trinajstić information content (AvgIpc) is 3.30. The number of piperidine rings is 1. The van der Waals surface area contributed by atoms with E-state index < -0.39 is 132 Å². The third-order valence-corrected chi connectivity index (χ3v) is 12.6. The van der Waals surface area contributed by atoms with E-state index in [1.807, 2.05) is 0 Å². The number of nitrogens with two attached hydrogens (primary N) is 1. The highest BCUT2D eigenvalue weighted by Crippen LogP contribution is 2.28. The van der Waals surface area contributed by atoms with Crippen molar-refractivity contribution in [3.63, 3.8) is 0 Å². The number of aromatic hydroxyl groups is 1. The number of primary amides is 1. The van der Waals surface area contributed by atoms with E-state index >= 15 is 0 Å². The molecule has 2 saturated heterocycles. The van der Waals surface area contributed by atoms with Gasteiger partial charge in [-0.1, -0.05) is 90.4 Å². The lowest BCUT2D eigenvalue weighted by molar-refractivity contribution is -0.168. The smallest absolute Gasteiger partial charge is 0.329 e. The summed E-state index contributed by atoms with van der Waals surface area (Å²) in [5, 5.41) is 44.5. The van der Waals surface area contributed by atoms with Crippen LogP contribution in [0.4, 0.5) is 0 Å². The number of carbonyl (C=O) groups is 9. The SMILES string of the molecule is CC[C@H](C)[C@H]1C(=O)N(C)[C@@H](Cc2ccccc2)C(=O)N[C@@H](C(C)C)C(=O)O[C@H](C)[C@H](NC(=O)[C@H](CC(N)=O)NC(=O)[C@@H](O)Cc2ccc(O)cc2)C(=O)N[C@@H](CC(C)C)C(=O)N[C@H]2CC[C@@H](O)N1C2=O. The Kier molecular flexibility index (Phi) is 20.2. The lowest BCUT2D eigenvalue weighted by atomic mass is 9.91. The maximum Gasteiger partial charge on any atom is 0.329 e. The number of phenolic OH excluding ortho intramolecular Hbond substituents is 1. The van der Waals surface area contributed by atoms with Gasteiger partial charge in [-0.15, -0.1) is 0 Å². The second kappa shape index (κ2) is 25.3. The summed E-state index contributed by atoms with van der Waals surface area (Å²) < 4.78 is 5.84. The summed E-state index contributed by atoms with van der Waals surface area (Å²) in [5.74, 6) is -10.1. The van der Waals surface area contributed by atoms with Gasteiger partial charge < -0.3 is 62.2 Å². The molecule has 2 aliphatic rings. The zero-order chi connectivity index (χ0) is 52.1. The van der Waals surface area contributed by atoms with Crippen LogP contribution in [0, 0.1) is 17.8 Å². The second-order valence-electron chi connectivity index (χ2n) is 19.0. The number of aliphatic hydroxyl groups excluding tert-OH is 2. The molecule has 21 heteroatoms. The number of rotatable bonds is 15. The number of carbonyl (C=O) groups excluding carboxylic acids is 9. The number of aliphatic hydroxyl groups is 2. The van der Waals surface area contributed by atoms with E-state index in [4.69, 9.17) is 10.5 Å². The van der Waals surface area contributed by atoms with Crippen molar-refractivity contribution in [3.8, 4) is 5.75 Å². The minimum Gasteiger partial charge on any atom is -0.508 e. The minimum absolute atomic E-state index is 0.0119. The molecule has 70 heavy (non-hydrogen) atoms. The third kappa shape index (κ3) is 14.9. The first kappa shape index (κ1) is 56.0. The van der Waals surface area contributed by atoms with Crippen LogP contribution in [0.15, 0.2) is 54.6 Å². The molecule has 0 spiro atoms. The first-order valence-corrected chi connectivity index (χ1v) is 23.7. The van der Waals surface area contributed by atoms with Crippen molar-refractivity contribution in [3.05, 3.63) is 65.7 Å². The number of phenols is 1. The van der Waals surface area contributed by atoms with Crippen molar-refractivity contribution in [2.75, 3.05) is 7.05 Å². The van der Waals surface area contributed by atoms with Crippen LogP contribution in [0.5, 0.6) is 5.75 Å². The molecule has 0 aromatic heterocycles. The molecule has 0 unspecified atom stereocenters. The maximum atomic E-state index is 14.8. The Balaban J connectivity index is 1.81. The van der Waals surface area contributed by atoms with Gasteiger partial charge in [0.05, 0.1) is 6.42 Å². The molecule has 8 amide bonds. The highest BCUT2D eigenvalue weighted by atomic mass is 16.5. The molecule has 0 saturated carbocycles. The summed E-state index contributed by atoms with van der Waals surface area (Å²) >= 11 is 0. The van der Waals surface area contributed by atoms with Crippen molar-refractivity contribution in [1.29, 1.82) is 0 Å². The van der Waals surface area contributed by atoms with Gasteiger partial charge in [0.1, 0.15) is 66.5 Å².